The molecule has 1 heterocycles. The molecule has 0 aliphatic rings. The molecule has 3 aromatic rings. The monoisotopic (exact) mass is 408 g/mol. The summed E-state index contributed by atoms with van der Waals surface area (Å²) < 4.78 is 2.70. The third-order valence-corrected chi connectivity index (χ3v) is 5.47. The first-order valence-corrected chi connectivity index (χ1v) is 10.1. The van der Waals surface area contributed by atoms with E-state index in [0.717, 1.165) is 29.9 Å². The zero-order chi connectivity index (χ0) is 22.0. The first kappa shape index (κ1) is 21.4. The molecule has 1 N–H and O–H groups in total. The number of hydrogen-bond donors (Lipinski definition) is 1. The third-order valence-electron chi connectivity index (χ3n) is 5.47. The second-order valence-electron chi connectivity index (χ2n) is 7.47. The van der Waals surface area contributed by atoms with Crippen LogP contribution in [0.25, 0.3) is 11.0 Å². The number of nitrogens with one attached hydrogen (secondary N) is 1. The van der Waals surface area contributed by atoms with Crippen LogP contribution >= 0.6 is 0 Å². The van der Waals surface area contributed by atoms with E-state index in [1.54, 1.807) is 20.2 Å². The maximum atomic E-state index is 12.8. The van der Waals surface area contributed by atoms with Crippen molar-refractivity contribution in [3.63, 3.8) is 0 Å². The molecule has 0 aliphatic heterocycles. The minimum Gasteiger partial charge on any atom is -0.370 e. The highest BCUT2D eigenvalue weighted by Gasteiger charge is 2.17. The van der Waals surface area contributed by atoms with Crippen LogP contribution in [0.5, 0.6) is 0 Å². The van der Waals surface area contributed by atoms with Gasteiger partial charge < -0.3 is 19.4 Å². The molecule has 2 aromatic carbocycles. The highest BCUT2D eigenvalue weighted by atomic mass is 16.2. The van der Waals surface area contributed by atoms with Crippen LogP contribution in [0.4, 0.5) is 11.4 Å². The summed E-state index contributed by atoms with van der Waals surface area (Å²) >= 11 is 0. The molecule has 0 spiro atoms. The summed E-state index contributed by atoms with van der Waals surface area (Å²) in [5.74, 6) is -0.138. The van der Waals surface area contributed by atoms with E-state index >= 15 is 0 Å². The molecule has 1 aromatic heterocycles. The molecule has 1 amide bonds. The van der Waals surface area contributed by atoms with Crippen LogP contribution in [-0.4, -0.2) is 28.1 Å². The number of anilines is 2. The Morgan fingerprint density at radius 2 is 1.47 bits per heavy atom. The molecule has 3 rings (SSSR count). The van der Waals surface area contributed by atoms with Crippen LogP contribution in [0.2, 0.25) is 0 Å². The molecule has 30 heavy (non-hydrogen) atoms. The number of nitrogens with zero attached hydrogens (tertiary/aromatic N) is 3. The van der Waals surface area contributed by atoms with E-state index in [1.165, 1.54) is 9.13 Å². The van der Waals surface area contributed by atoms with Gasteiger partial charge in [-0.25, -0.2) is 0 Å². The van der Waals surface area contributed by atoms with Gasteiger partial charge in [0.1, 0.15) is 0 Å². The fraction of sp³-hybridized carbons (Fsp3) is 0.348. The maximum absolute atomic E-state index is 12.8. The van der Waals surface area contributed by atoms with Crippen molar-refractivity contribution in [3.05, 3.63) is 68.2 Å². The van der Waals surface area contributed by atoms with E-state index in [9.17, 15) is 14.4 Å². The lowest BCUT2D eigenvalue weighted by Gasteiger charge is -2.25. The first-order valence-electron chi connectivity index (χ1n) is 10.1. The second-order valence-corrected chi connectivity index (χ2v) is 7.47. The number of carbonyl (C=O) groups is 1. The summed E-state index contributed by atoms with van der Waals surface area (Å²) in [5, 5.41) is 3.01. The summed E-state index contributed by atoms with van der Waals surface area (Å²) in [6, 6.07) is 11.5. The van der Waals surface area contributed by atoms with Crippen LogP contribution < -0.4 is 21.3 Å². The molecule has 7 nitrogen and oxygen atoms in total. The molecule has 0 radical (unpaired) electrons. The lowest BCUT2D eigenvalue weighted by molar-refractivity contribution is -0.115. The molecule has 158 valence electrons. The van der Waals surface area contributed by atoms with Crippen molar-refractivity contribution in [2.24, 2.45) is 14.1 Å². The summed E-state index contributed by atoms with van der Waals surface area (Å²) in [6.07, 6.45) is 0.252. The van der Waals surface area contributed by atoms with Crippen LogP contribution in [0.15, 0.2) is 46.0 Å². The van der Waals surface area contributed by atoms with Crippen molar-refractivity contribution in [1.29, 1.82) is 0 Å². The minimum absolute atomic E-state index is 0.138. The summed E-state index contributed by atoms with van der Waals surface area (Å²) in [6.45, 7) is 7.55. The molecule has 0 saturated heterocycles. The molecule has 0 bridgehead atoms. The van der Waals surface area contributed by atoms with Gasteiger partial charge in [0.05, 0.1) is 28.8 Å². The van der Waals surface area contributed by atoms with Crippen LogP contribution in [0.1, 0.15) is 25.0 Å². The van der Waals surface area contributed by atoms with E-state index in [0.29, 0.717) is 16.7 Å². The van der Waals surface area contributed by atoms with Crippen molar-refractivity contribution in [1.82, 2.24) is 9.13 Å². The first-order chi connectivity index (χ1) is 14.3. The normalized spacial score (nSPS) is 11.0. The Labute approximate surface area is 175 Å². The Morgan fingerprint density at radius 1 is 0.933 bits per heavy atom. The Hall–Kier alpha value is -3.35. The number of amides is 1. The quantitative estimate of drug-likeness (QED) is 0.636. The molecule has 7 heteroatoms. The summed E-state index contributed by atoms with van der Waals surface area (Å²) in [5.41, 5.74) is 3.56. The summed E-state index contributed by atoms with van der Waals surface area (Å²) in [4.78, 5) is 39.4. The van der Waals surface area contributed by atoms with E-state index in [4.69, 9.17) is 0 Å². The van der Waals surface area contributed by atoms with Gasteiger partial charge in [0.25, 0.3) is 0 Å². The zero-order valence-corrected chi connectivity index (χ0v) is 18.2. The summed E-state index contributed by atoms with van der Waals surface area (Å²) in [7, 11) is 3.16. The van der Waals surface area contributed by atoms with Gasteiger partial charge in [-0.1, -0.05) is 29.8 Å². The number of fused-ring (bicyclic) bond motifs is 1. The lowest BCUT2D eigenvalue weighted by atomic mass is 10.1. The number of aryl methyl sites for hydroxylation is 3. The maximum Gasteiger partial charge on any atom is 0.316 e. The highest BCUT2D eigenvalue weighted by molar-refractivity contribution is 5.99. The predicted octanol–water partition coefficient (Wildman–Crippen LogP) is 2.57. The predicted molar refractivity (Wildman–Crippen MR) is 122 cm³/mol. The van der Waals surface area contributed by atoms with Crippen molar-refractivity contribution >= 4 is 28.3 Å². The van der Waals surface area contributed by atoms with Gasteiger partial charge in [0.2, 0.25) is 5.91 Å². The number of carbonyl (C=O) groups excluding carboxylic acids is 1. The SMILES string of the molecule is CCN(CC)c1cc2c(cc1NC(=O)Cc1ccc(C)cc1)n(C)c(=O)c(=O)n2C. The number of rotatable bonds is 6. The van der Waals surface area contributed by atoms with Gasteiger partial charge in [-0.15, -0.1) is 0 Å². The molecule has 0 atom stereocenters. The van der Waals surface area contributed by atoms with Gasteiger partial charge in [-0.2, -0.15) is 0 Å². The standard InChI is InChI=1S/C23H28N4O3/c1-6-27(7-2)18-14-20-19(25(4)22(29)23(30)26(20)5)13-17(18)24-21(28)12-16-10-8-15(3)9-11-16/h8-11,13-14H,6-7,12H2,1-5H3,(H,24,28). The van der Waals surface area contributed by atoms with Gasteiger partial charge in [-0.3, -0.25) is 14.4 Å². The largest absolute Gasteiger partial charge is 0.370 e. The molecular formula is C23H28N4O3. The zero-order valence-electron chi connectivity index (χ0n) is 18.2. The molecule has 0 unspecified atom stereocenters. The van der Waals surface area contributed by atoms with Crippen molar-refractivity contribution < 1.29 is 4.79 Å². The highest BCUT2D eigenvalue weighted by Crippen LogP contribution is 2.30. The molecule has 0 fully saturated rings. The van der Waals surface area contributed by atoms with Crippen LogP contribution in [0, 0.1) is 6.92 Å². The topological polar surface area (TPSA) is 76.3 Å². The van der Waals surface area contributed by atoms with E-state index in [1.807, 2.05) is 51.1 Å². The van der Waals surface area contributed by atoms with Crippen molar-refractivity contribution in [3.8, 4) is 0 Å². The Bertz CT molecular complexity index is 1200. The average Bonchev–Trinajstić information content (AvgIpc) is 2.73. The third kappa shape index (κ3) is 4.01. The average molecular weight is 409 g/mol. The smallest absolute Gasteiger partial charge is 0.316 e. The van der Waals surface area contributed by atoms with E-state index < -0.39 is 11.1 Å². The fourth-order valence-corrected chi connectivity index (χ4v) is 3.62. The van der Waals surface area contributed by atoms with Gasteiger partial charge in [-0.05, 0) is 38.5 Å². The Morgan fingerprint density at radius 3 is 2.00 bits per heavy atom. The minimum atomic E-state index is -0.600. The van der Waals surface area contributed by atoms with Gasteiger partial charge in [0.15, 0.2) is 0 Å². The van der Waals surface area contributed by atoms with Crippen LogP contribution in [0.3, 0.4) is 0 Å². The molecular weight excluding hydrogens is 380 g/mol. The Balaban J connectivity index is 2.09. The second kappa shape index (κ2) is 8.57. The van der Waals surface area contributed by atoms with Crippen molar-refractivity contribution in [2.75, 3.05) is 23.3 Å². The van der Waals surface area contributed by atoms with Crippen LogP contribution in [-0.2, 0) is 25.3 Å². The van der Waals surface area contributed by atoms with E-state index in [-0.39, 0.29) is 12.3 Å². The van der Waals surface area contributed by atoms with E-state index in [2.05, 4.69) is 10.2 Å². The molecule has 0 saturated carbocycles. The lowest BCUT2D eigenvalue weighted by Crippen LogP contribution is -2.39. The van der Waals surface area contributed by atoms with Gasteiger partial charge >= 0.3 is 11.1 Å². The Kier molecular flexibility index (Phi) is 6.10. The number of hydrogen-bond acceptors (Lipinski definition) is 4. The number of aromatic nitrogens is 2. The van der Waals surface area contributed by atoms with Gasteiger partial charge in [0, 0.05) is 27.2 Å². The van der Waals surface area contributed by atoms with Crippen molar-refractivity contribution in [2.45, 2.75) is 27.2 Å². The fourth-order valence-electron chi connectivity index (χ4n) is 3.62. The molecule has 0 aliphatic carbocycles. The number of benzene rings is 2.